The number of rotatable bonds is 7. The van der Waals surface area contributed by atoms with Crippen LogP contribution in [0.25, 0.3) is 16.9 Å². The molecule has 3 N–H and O–H groups in total. The topological polar surface area (TPSA) is 136 Å². The molecule has 4 aromatic heterocycles. The van der Waals surface area contributed by atoms with Crippen LogP contribution in [0.5, 0.6) is 5.75 Å². The lowest BCUT2D eigenvalue weighted by Crippen LogP contribution is -2.27. The normalized spacial score (nSPS) is 14.3. The standard InChI is InChI=1S/C25H22F2N10O2/c1-28-21-9-20(33-19-8-14(27)7-15(22(19)39-2)17-4-3-13(26)10-29-17)35-23-16(11-31-37(21)23)25(38)34-18-5-6-36-24(18)30-12-32-36/h3-4,7-12,18,28H,5-6H2,1-2H3,(H,33,35)(H,34,38)/t18-/m1/s1. The van der Waals surface area contributed by atoms with E-state index >= 15 is 0 Å². The average Bonchev–Trinajstić information content (AvgIpc) is 3.66. The molecule has 198 valence electrons. The van der Waals surface area contributed by atoms with Gasteiger partial charge in [-0.2, -0.15) is 14.7 Å². The van der Waals surface area contributed by atoms with Gasteiger partial charge in [-0.3, -0.25) is 9.78 Å². The van der Waals surface area contributed by atoms with E-state index in [0.717, 1.165) is 6.20 Å². The van der Waals surface area contributed by atoms with Crippen molar-refractivity contribution in [3.63, 3.8) is 0 Å². The van der Waals surface area contributed by atoms with Gasteiger partial charge in [0.25, 0.3) is 5.91 Å². The molecule has 1 aliphatic rings. The minimum Gasteiger partial charge on any atom is -0.494 e. The van der Waals surface area contributed by atoms with Crippen LogP contribution in [0.15, 0.2) is 49.1 Å². The van der Waals surface area contributed by atoms with E-state index in [2.05, 4.69) is 41.1 Å². The number of methoxy groups -OCH3 is 1. The highest BCUT2D eigenvalue weighted by atomic mass is 19.1. The fraction of sp³-hybridized carbons (Fsp3) is 0.200. The number of nitrogens with one attached hydrogen (secondary N) is 3. The largest absolute Gasteiger partial charge is 0.494 e. The van der Waals surface area contributed by atoms with Gasteiger partial charge >= 0.3 is 0 Å². The monoisotopic (exact) mass is 532 g/mol. The van der Waals surface area contributed by atoms with Gasteiger partial charge in [0.15, 0.2) is 11.4 Å². The molecule has 1 aliphatic heterocycles. The van der Waals surface area contributed by atoms with Crippen molar-refractivity contribution in [1.82, 2.24) is 39.7 Å². The third-order valence-electron chi connectivity index (χ3n) is 6.39. The summed E-state index contributed by atoms with van der Waals surface area (Å²) in [6.07, 6.45) is 4.61. The molecule has 0 bridgehead atoms. The van der Waals surface area contributed by atoms with E-state index in [9.17, 15) is 13.6 Å². The molecule has 39 heavy (non-hydrogen) atoms. The lowest BCUT2D eigenvalue weighted by atomic mass is 10.1. The number of hydrogen-bond donors (Lipinski definition) is 3. The van der Waals surface area contributed by atoms with Crippen LogP contribution in [0.1, 0.15) is 28.6 Å². The quantitative estimate of drug-likeness (QED) is 0.288. The van der Waals surface area contributed by atoms with E-state index < -0.39 is 11.6 Å². The number of ether oxygens (including phenoxy) is 1. The summed E-state index contributed by atoms with van der Waals surface area (Å²) in [5.74, 6) is 0.340. The highest BCUT2D eigenvalue weighted by molar-refractivity contribution is 6.00. The Labute approximate surface area is 220 Å². The van der Waals surface area contributed by atoms with Crippen molar-refractivity contribution in [1.29, 1.82) is 0 Å². The lowest BCUT2D eigenvalue weighted by Gasteiger charge is -2.16. The Morgan fingerprint density at radius 3 is 2.74 bits per heavy atom. The summed E-state index contributed by atoms with van der Waals surface area (Å²) < 4.78 is 36.9. The highest BCUT2D eigenvalue weighted by Gasteiger charge is 2.28. The van der Waals surface area contributed by atoms with Crippen molar-refractivity contribution in [3.05, 3.63) is 72.1 Å². The third kappa shape index (κ3) is 4.35. The van der Waals surface area contributed by atoms with Gasteiger partial charge in [-0.15, -0.1) is 0 Å². The van der Waals surface area contributed by atoms with Gasteiger partial charge in [-0.25, -0.2) is 23.4 Å². The molecule has 5 heterocycles. The molecule has 0 radical (unpaired) electrons. The molecule has 14 heteroatoms. The SMILES string of the molecule is CNc1cc(Nc2cc(F)cc(-c3ccc(F)cn3)c2OC)nc2c(C(=O)N[C@@H]3CCn4ncnc43)cnn12. The summed E-state index contributed by atoms with van der Waals surface area (Å²) in [5.41, 5.74) is 1.43. The van der Waals surface area contributed by atoms with Gasteiger partial charge in [0.05, 0.1) is 36.9 Å². The van der Waals surface area contributed by atoms with Crippen LogP contribution in [-0.4, -0.2) is 54.4 Å². The van der Waals surface area contributed by atoms with Crippen molar-refractivity contribution in [3.8, 4) is 17.0 Å². The van der Waals surface area contributed by atoms with Crippen molar-refractivity contribution < 1.29 is 18.3 Å². The Morgan fingerprint density at radius 2 is 1.97 bits per heavy atom. The van der Waals surface area contributed by atoms with Crippen molar-refractivity contribution in [2.75, 3.05) is 24.8 Å². The number of nitrogens with zero attached hydrogens (tertiary/aromatic N) is 7. The van der Waals surface area contributed by atoms with E-state index in [-0.39, 0.29) is 34.6 Å². The Balaban J connectivity index is 1.36. The van der Waals surface area contributed by atoms with Gasteiger partial charge in [0.1, 0.15) is 41.0 Å². The predicted molar refractivity (Wildman–Crippen MR) is 137 cm³/mol. The van der Waals surface area contributed by atoms with Crippen LogP contribution >= 0.6 is 0 Å². The summed E-state index contributed by atoms with van der Waals surface area (Å²) in [6.45, 7) is 0.663. The summed E-state index contributed by atoms with van der Waals surface area (Å²) >= 11 is 0. The molecule has 0 fully saturated rings. The van der Waals surface area contributed by atoms with Crippen LogP contribution in [0, 0.1) is 11.6 Å². The molecular weight excluding hydrogens is 510 g/mol. The van der Waals surface area contributed by atoms with Crippen LogP contribution in [0.3, 0.4) is 0 Å². The number of anilines is 3. The number of aromatic nitrogens is 7. The van der Waals surface area contributed by atoms with Gasteiger partial charge in [0, 0.05) is 31.3 Å². The zero-order valence-electron chi connectivity index (χ0n) is 20.8. The Hall–Kier alpha value is -5.14. The fourth-order valence-electron chi connectivity index (χ4n) is 4.60. The number of carbonyl (C=O) groups excluding carboxylic acids is 1. The second-order valence-corrected chi connectivity index (χ2v) is 8.75. The molecule has 0 spiro atoms. The highest BCUT2D eigenvalue weighted by Crippen LogP contribution is 2.38. The number of pyridine rings is 1. The zero-order chi connectivity index (χ0) is 27.1. The van der Waals surface area contributed by atoms with Crippen LogP contribution in [0.4, 0.5) is 26.1 Å². The number of carbonyl (C=O) groups is 1. The molecule has 0 unspecified atom stereocenters. The number of hydrogen-bond acceptors (Lipinski definition) is 9. The molecule has 1 aromatic carbocycles. The molecule has 1 atom stereocenters. The first-order valence-electron chi connectivity index (χ1n) is 12.0. The molecular formula is C25H22F2N10O2. The minimum atomic E-state index is -0.567. The minimum absolute atomic E-state index is 0.246. The molecule has 12 nitrogen and oxygen atoms in total. The van der Waals surface area contributed by atoms with Crippen molar-refractivity contribution in [2.24, 2.45) is 0 Å². The maximum absolute atomic E-state index is 14.7. The van der Waals surface area contributed by atoms with Crippen molar-refractivity contribution >= 4 is 28.9 Å². The molecule has 0 saturated carbocycles. The first-order chi connectivity index (χ1) is 18.9. The summed E-state index contributed by atoms with van der Waals surface area (Å²) in [7, 11) is 3.14. The molecule has 1 amide bonds. The average molecular weight is 533 g/mol. The van der Waals surface area contributed by atoms with Gasteiger partial charge in [-0.1, -0.05) is 0 Å². The summed E-state index contributed by atoms with van der Waals surface area (Å²) in [5, 5.41) is 17.6. The van der Waals surface area contributed by atoms with Crippen LogP contribution < -0.4 is 20.7 Å². The second kappa shape index (κ2) is 9.63. The van der Waals surface area contributed by atoms with E-state index in [1.807, 2.05) is 0 Å². The van der Waals surface area contributed by atoms with Gasteiger partial charge < -0.3 is 20.7 Å². The first kappa shape index (κ1) is 24.2. The Morgan fingerprint density at radius 1 is 1.10 bits per heavy atom. The molecule has 0 saturated heterocycles. The van der Waals surface area contributed by atoms with Crippen molar-refractivity contribution in [2.45, 2.75) is 19.0 Å². The fourth-order valence-corrected chi connectivity index (χ4v) is 4.60. The summed E-state index contributed by atoms with van der Waals surface area (Å²) in [6, 6.07) is 6.54. The number of amides is 1. The van der Waals surface area contributed by atoms with Gasteiger partial charge in [-0.05, 0) is 24.6 Å². The lowest BCUT2D eigenvalue weighted by molar-refractivity contribution is 0.0937. The maximum Gasteiger partial charge on any atom is 0.257 e. The summed E-state index contributed by atoms with van der Waals surface area (Å²) in [4.78, 5) is 26.1. The Kier molecular flexibility index (Phi) is 5.98. The second-order valence-electron chi connectivity index (χ2n) is 8.75. The zero-order valence-corrected chi connectivity index (χ0v) is 20.8. The van der Waals surface area contributed by atoms with Gasteiger partial charge in [0.2, 0.25) is 0 Å². The van der Waals surface area contributed by atoms with Crippen LogP contribution in [-0.2, 0) is 6.54 Å². The molecule has 0 aliphatic carbocycles. The van der Waals surface area contributed by atoms with E-state index in [1.165, 1.54) is 48.4 Å². The number of halogens is 2. The number of fused-ring (bicyclic) bond motifs is 2. The predicted octanol–water partition coefficient (Wildman–Crippen LogP) is 3.33. The number of aryl methyl sites for hydroxylation is 1. The molecule has 5 aromatic rings. The smallest absolute Gasteiger partial charge is 0.257 e. The van der Waals surface area contributed by atoms with E-state index in [0.29, 0.717) is 41.7 Å². The van der Waals surface area contributed by atoms with E-state index in [4.69, 9.17) is 4.74 Å². The van der Waals surface area contributed by atoms with Crippen LogP contribution in [0.2, 0.25) is 0 Å². The third-order valence-corrected chi connectivity index (χ3v) is 6.39. The first-order valence-corrected chi connectivity index (χ1v) is 12.0. The maximum atomic E-state index is 14.7. The Bertz CT molecular complexity index is 1700. The van der Waals surface area contributed by atoms with E-state index in [1.54, 1.807) is 17.8 Å². The number of benzene rings is 1. The molecule has 6 rings (SSSR count).